The highest BCUT2D eigenvalue weighted by molar-refractivity contribution is 6.30. The average molecular weight is 291 g/mol. The Labute approximate surface area is 122 Å². The van der Waals surface area contributed by atoms with Crippen LogP contribution in [0.1, 0.15) is 24.5 Å². The summed E-state index contributed by atoms with van der Waals surface area (Å²) in [7, 11) is 0. The molecule has 1 heterocycles. The van der Waals surface area contributed by atoms with Crippen molar-refractivity contribution in [1.82, 2.24) is 0 Å². The number of benzene rings is 1. The molecule has 0 saturated heterocycles. The van der Waals surface area contributed by atoms with Gasteiger partial charge in [0.1, 0.15) is 12.4 Å². The third kappa shape index (κ3) is 2.39. The van der Waals surface area contributed by atoms with E-state index >= 15 is 0 Å². The molecule has 3 rings (SSSR count). The molecule has 1 aromatic rings. The predicted molar refractivity (Wildman–Crippen MR) is 76.9 cm³/mol. The first-order valence-corrected chi connectivity index (χ1v) is 7.06. The monoisotopic (exact) mass is 290 g/mol. The number of hydrogen-bond acceptors (Lipinski definition) is 3. The van der Waals surface area contributed by atoms with Gasteiger partial charge in [0, 0.05) is 16.2 Å². The van der Waals surface area contributed by atoms with Crippen molar-refractivity contribution in [3.63, 3.8) is 0 Å². The molecule has 0 saturated carbocycles. The molecule has 0 aromatic heterocycles. The molecular formula is C16H15ClO3. The Morgan fingerprint density at radius 3 is 2.95 bits per heavy atom. The highest BCUT2D eigenvalue weighted by Gasteiger charge is 2.35. The van der Waals surface area contributed by atoms with E-state index in [9.17, 15) is 9.90 Å². The van der Waals surface area contributed by atoms with Crippen LogP contribution in [0, 0.1) is 5.92 Å². The van der Waals surface area contributed by atoms with E-state index in [1.807, 2.05) is 18.2 Å². The Morgan fingerprint density at radius 1 is 1.35 bits per heavy atom. The number of aliphatic hydroxyl groups is 1. The molecule has 4 heteroatoms. The Hall–Kier alpha value is -1.58. The number of rotatable bonds is 2. The zero-order valence-corrected chi connectivity index (χ0v) is 11.6. The third-order valence-corrected chi connectivity index (χ3v) is 3.95. The van der Waals surface area contributed by atoms with Crippen LogP contribution in [-0.4, -0.2) is 17.5 Å². The lowest BCUT2D eigenvalue weighted by Gasteiger charge is -2.30. The van der Waals surface area contributed by atoms with Crippen molar-refractivity contribution in [2.45, 2.75) is 18.9 Å². The van der Waals surface area contributed by atoms with Gasteiger partial charge in [-0.25, -0.2) is 0 Å². The van der Waals surface area contributed by atoms with Gasteiger partial charge in [-0.1, -0.05) is 35.9 Å². The normalized spacial score (nSPS) is 24.6. The molecule has 1 aliphatic heterocycles. The SMILES string of the molecule is O=C(C1=CCCC=C1)C1COc2cc(Cl)ccc2C1O. The van der Waals surface area contributed by atoms with Crippen molar-refractivity contribution in [2.75, 3.05) is 6.61 Å². The molecule has 20 heavy (non-hydrogen) atoms. The lowest BCUT2D eigenvalue weighted by atomic mass is 9.85. The van der Waals surface area contributed by atoms with Crippen LogP contribution >= 0.6 is 11.6 Å². The molecule has 0 radical (unpaired) electrons. The molecule has 104 valence electrons. The van der Waals surface area contributed by atoms with Gasteiger partial charge in [0.15, 0.2) is 5.78 Å². The minimum atomic E-state index is -0.847. The molecule has 2 atom stereocenters. The summed E-state index contributed by atoms with van der Waals surface area (Å²) in [6, 6.07) is 5.08. The quantitative estimate of drug-likeness (QED) is 0.909. The number of carbonyl (C=O) groups is 1. The summed E-state index contributed by atoms with van der Waals surface area (Å²) < 4.78 is 5.58. The standard InChI is InChI=1S/C16H15ClO3/c17-11-6-7-12-14(8-11)20-9-13(16(12)19)15(18)10-4-2-1-3-5-10/h2,4-8,13,16,19H,1,3,9H2. The van der Waals surface area contributed by atoms with E-state index in [1.165, 1.54) is 0 Å². The molecule has 0 amide bonds. The first kappa shape index (κ1) is 13.4. The summed E-state index contributed by atoms with van der Waals surface area (Å²) in [6.07, 6.45) is 6.72. The van der Waals surface area contributed by atoms with E-state index in [1.54, 1.807) is 18.2 Å². The molecule has 2 unspecified atom stereocenters. The van der Waals surface area contributed by atoms with Crippen LogP contribution in [0.2, 0.25) is 5.02 Å². The Balaban J connectivity index is 1.86. The van der Waals surface area contributed by atoms with Gasteiger partial charge in [0.2, 0.25) is 0 Å². The lowest BCUT2D eigenvalue weighted by Crippen LogP contribution is -2.33. The van der Waals surface area contributed by atoms with Crippen LogP contribution in [-0.2, 0) is 4.79 Å². The van der Waals surface area contributed by atoms with Crippen LogP contribution in [0.15, 0.2) is 42.0 Å². The summed E-state index contributed by atoms with van der Waals surface area (Å²) in [5.41, 5.74) is 1.29. The number of halogens is 1. The average Bonchev–Trinajstić information content (AvgIpc) is 2.48. The van der Waals surface area contributed by atoms with Gasteiger partial charge in [0.25, 0.3) is 0 Å². The van der Waals surface area contributed by atoms with Gasteiger partial charge in [-0.15, -0.1) is 0 Å². The van der Waals surface area contributed by atoms with E-state index in [2.05, 4.69) is 0 Å². The second-order valence-electron chi connectivity index (χ2n) is 5.05. The summed E-state index contributed by atoms with van der Waals surface area (Å²) in [5.74, 6) is -0.0612. The van der Waals surface area contributed by atoms with Gasteiger partial charge in [0.05, 0.1) is 12.0 Å². The highest BCUT2D eigenvalue weighted by atomic mass is 35.5. The fraction of sp³-hybridized carbons (Fsp3) is 0.312. The molecular weight excluding hydrogens is 276 g/mol. The van der Waals surface area contributed by atoms with E-state index in [0.717, 1.165) is 12.8 Å². The molecule has 2 aliphatic rings. The number of aliphatic hydroxyl groups excluding tert-OH is 1. The predicted octanol–water partition coefficient (Wildman–Crippen LogP) is 3.23. The largest absolute Gasteiger partial charge is 0.492 e. The maximum absolute atomic E-state index is 12.5. The fourth-order valence-corrected chi connectivity index (χ4v) is 2.76. The number of ether oxygens (including phenoxy) is 1. The molecule has 0 bridgehead atoms. The number of ketones is 1. The molecule has 1 N–H and O–H groups in total. The maximum atomic E-state index is 12.5. The number of hydrogen-bond donors (Lipinski definition) is 1. The molecule has 3 nitrogen and oxygen atoms in total. The molecule has 0 fully saturated rings. The summed E-state index contributed by atoms with van der Waals surface area (Å²) >= 11 is 5.90. The van der Waals surface area contributed by atoms with Crippen LogP contribution in [0.5, 0.6) is 5.75 Å². The lowest BCUT2D eigenvalue weighted by molar-refractivity contribution is -0.124. The van der Waals surface area contributed by atoms with Crippen molar-refractivity contribution in [1.29, 1.82) is 0 Å². The van der Waals surface area contributed by atoms with E-state index in [0.29, 0.717) is 21.9 Å². The van der Waals surface area contributed by atoms with Crippen molar-refractivity contribution in [2.24, 2.45) is 5.92 Å². The van der Waals surface area contributed by atoms with E-state index in [-0.39, 0.29) is 12.4 Å². The zero-order valence-electron chi connectivity index (χ0n) is 10.9. The first-order valence-electron chi connectivity index (χ1n) is 6.68. The van der Waals surface area contributed by atoms with Crippen LogP contribution in [0.25, 0.3) is 0 Å². The van der Waals surface area contributed by atoms with Gasteiger partial charge in [-0.2, -0.15) is 0 Å². The van der Waals surface area contributed by atoms with Gasteiger partial charge < -0.3 is 9.84 Å². The molecule has 1 aliphatic carbocycles. The van der Waals surface area contributed by atoms with Crippen molar-refractivity contribution in [3.05, 3.63) is 52.6 Å². The smallest absolute Gasteiger partial charge is 0.171 e. The van der Waals surface area contributed by atoms with E-state index in [4.69, 9.17) is 16.3 Å². The third-order valence-electron chi connectivity index (χ3n) is 3.71. The van der Waals surface area contributed by atoms with Crippen LogP contribution in [0.4, 0.5) is 0 Å². The fourth-order valence-electron chi connectivity index (χ4n) is 2.59. The first-order chi connectivity index (χ1) is 9.66. The summed E-state index contributed by atoms with van der Waals surface area (Å²) in [4.78, 5) is 12.5. The highest BCUT2D eigenvalue weighted by Crippen LogP contribution is 2.38. The Kier molecular flexibility index (Phi) is 3.64. The topological polar surface area (TPSA) is 46.5 Å². The van der Waals surface area contributed by atoms with Gasteiger partial charge >= 0.3 is 0 Å². The minimum absolute atomic E-state index is 0.0611. The number of carbonyl (C=O) groups excluding carboxylic acids is 1. The van der Waals surface area contributed by atoms with Crippen LogP contribution < -0.4 is 4.74 Å². The zero-order chi connectivity index (χ0) is 14.1. The number of allylic oxidation sites excluding steroid dienone is 4. The maximum Gasteiger partial charge on any atom is 0.171 e. The Bertz CT molecular complexity index is 604. The second kappa shape index (κ2) is 5.43. The van der Waals surface area contributed by atoms with E-state index < -0.39 is 12.0 Å². The second-order valence-corrected chi connectivity index (χ2v) is 5.48. The van der Waals surface area contributed by atoms with Crippen molar-refractivity contribution in [3.8, 4) is 5.75 Å². The Morgan fingerprint density at radius 2 is 2.20 bits per heavy atom. The van der Waals surface area contributed by atoms with Gasteiger partial charge in [-0.3, -0.25) is 4.79 Å². The van der Waals surface area contributed by atoms with Crippen molar-refractivity contribution < 1.29 is 14.6 Å². The van der Waals surface area contributed by atoms with Gasteiger partial charge in [-0.05, 0) is 25.0 Å². The number of Topliss-reactive ketones (excluding diaryl/α,β-unsaturated/α-hetero) is 1. The van der Waals surface area contributed by atoms with Crippen molar-refractivity contribution >= 4 is 17.4 Å². The molecule has 1 aromatic carbocycles. The summed E-state index contributed by atoms with van der Waals surface area (Å²) in [5, 5.41) is 11.0. The molecule has 0 spiro atoms. The number of fused-ring (bicyclic) bond motifs is 1. The minimum Gasteiger partial charge on any atom is -0.492 e. The summed E-state index contributed by atoms with van der Waals surface area (Å²) in [6.45, 7) is 0.179. The van der Waals surface area contributed by atoms with Crippen LogP contribution in [0.3, 0.4) is 0 Å².